The molecule has 0 saturated carbocycles. The summed E-state index contributed by atoms with van der Waals surface area (Å²) in [5, 5.41) is 3.55. The number of rotatable bonds is 1. The molecule has 2 heteroatoms. The molecule has 0 N–H and O–H groups in total. The highest BCUT2D eigenvalue weighted by molar-refractivity contribution is 6.18. The lowest BCUT2D eigenvalue weighted by molar-refractivity contribution is -0.632. The molecular weight excluding hydrogens is 330 g/mol. The van der Waals surface area contributed by atoms with Crippen molar-refractivity contribution in [2.45, 2.75) is 20.8 Å². The Bertz CT molecular complexity index is 1360. The lowest BCUT2D eigenvalue weighted by atomic mass is 9.97. The third-order valence-corrected chi connectivity index (χ3v) is 5.60. The molecule has 0 aliphatic rings. The highest BCUT2D eigenvalue weighted by Crippen LogP contribution is 2.40. The number of aryl methyl sites for hydroxylation is 4. The third-order valence-electron chi connectivity index (χ3n) is 5.60. The van der Waals surface area contributed by atoms with Crippen LogP contribution in [0.3, 0.4) is 0 Å². The molecule has 132 valence electrons. The van der Waals surface area contributed by atoms with Crippen molar-refractivity contribution in [1.82, 2.24) is 0 Å². The van der Waals surface area contributed by atoms with Crippen LogP contribution in [0.5, 0.6) is 0 Å². The second-order valence-corrected chi connectivity index (χ2v) is 7.50. The third kappa shape index (κ3) is 2.23. The predicted molar refractivity (Wildman–Crippen MR) is 112 cm³/mol. The van der Waals surface area contributed by atoms with Gasteiger partial charge in [0.05, 0.1) is 5.39 Å². The van der Waals surface area contributed by atoms with Crippen LogP contribution in [-0.2, 0) is 7.05 Å². The van der Waals surface area contributed by atoms with Gasteiger partial charge < -0.3 is 4.42 Å². The number of aromatic nitrogens is 1. The van der Waals surface area contributed by atoms with E-state index in [1.165, 1.54) is 44.2 Å². The molecule has 5 aromatic rings. The van der Waals surface area contributed by atoms with E-state index in [2.05, 4.69) is 93.0 Å². The van der Waals surface area contributed by atoms with E-state index in [1.807, 2.05) is 0 Å². The van der Waals surface area contributed by atoms with Crippen LogP contribution in [0.25, 0.3) is 44.1 Å². The van der Waals surface area contributed by atoms with Crippen molar-refractivity contribution >= 4 is 32.8 Å². The van der Waals surface area contributed by atoms with Crippen LogP contribution < -0.4 is 4.57 Å². The first-order valence-electron chi connectivity index (χ1n) is 9.36. The fourth-order valence-corrected chi connectivity index (χ4v) is 4.38. The molecule has 27 heavy (non-hydrogen) atoms. The Kier molecular flexibility index (Phi) is 3.38. The molecule has 2 heterocycles. The fraction of sp³-hybridized carbons (Fsp3) is 0.160. The van der Waals surface area contributed by atoms with Gasteiger partial charge in [0.25, 0.3) is 0 Å². The molecule has 2 nitrogen and oxygen atoms in total. The Hall–Kier alpha value is -3.13. The van der Waals surface area contributed by atoms with Gasteiger partial charge in [-0.2, -0.15) is 4.57 Å². The summed E-state index contributed by atoms with van der Waals surface area (Å²) in [6.45, 7) is 6.46. The minimum Gasteiger partial charge on any atom is -0.455 e. The van der Waals surface area contributed by atoms with Crippen LogP contribution >= 0.6 is 0 Å². The summed E-state index contributed by atoms with van der Waals surface area (Å²) in [4.78, 5) is 0. The first-order chi connectivity index (χ1) is 13.1. The van der Waals surface area contributed by atoms with Gasteiger partial charge in [-0.05, 0) is 55.7 Å². The van der Waals surface area contributed by atoms with Crippen molar-refractivity contribution in [2.24, 2.45) is 7.05 Å². The molecule has 0 radical (unpaired) electrons. The lowest BCUT2D eigenvalue weighted by Crippen LogP contribution is -2.32. The predicted octanol–water partition coefficient (Wildman–Crippen LogP) is 6.16. The molecule has 0 aliphatic heterocycles. The van der Waals surface area contributed by atoms with E-state index in [0.717, 1.165) is 16.6 Å². The highest BCUT2D eigenvalue weighted by atomic mass is 16.3. The average molecular weight is 352 g/mol. The summed E-state index contributed by atoms with van der Waals surface area (Å²) in [7, 11) is 2.16. The van der Waals surface area contributed by atoms with Crippen molar-refractivity contribution in [1.29, 1.82) is 0 Å². The smallest absolute Gasteiger partial charge is 0.224 e. The van der Waals surface area contributed by atoms with Gasteiger partial charge in [-0.25, -0.2) is 0 Å². The molecule has 2 aromatic heterocycles. The minimum atomic E-state index is 0.977. The lowest BCUT2D eigenvalue weighted by Gasteiger charge is -2.08. The summed E-state index contributed by atoms with van der Waals surface area (Å²) in [6, 6.07) is 21.5. The Morgan fingerprint density at radius 3 is 2.30 bits per heavy atom. The van der Waals surface area contributed by atoms with Crippen LogP contribution in [0, 0.1) is 20.8 Å². The van der Waals surface area contributed by atoms with E-state index < -0.39 is 0 Å². The molecule has 0 spiro atoms. The summed E-state index contributed by atoms with van der Waals surface area (Å²) >= 11 is 0. The zero-order valence-electron chi connectivity index (χ0n) is 16.1. The summed E-state index contributed by atoms with van der Waals surface area (Å²) in [5.41, 5.74) is 9.31. The van der Waals surface area contributed by atoms with Gasteiger partial charge in [0.2, 0.25) is 11.2 Å². The Morgan fingerprint density at radius 2 is 1.48 bits per heavy atom. The van der Waals surface area contributed by atoms with Crippen molar-refractivity contribution in [3.05, 3.63) is 77.4 Å². The molecule has 0 amide bonds. The topological polar surface area (TPSA) is 17.0 Å². The quantitative estimate of drug-likeness (QED) is 0.330. The molecule has 0 atom stereocenters. The molecule has 0 saturated heterocycles. The zero-order valence-corrected chi connectivity index (χ0v) is 16.1. The number of para-hydroxylation sites is 1. The molecule has 0 unspecified atom stereocenters. The molecular formula is C25H22NO+. The summed E-state index contributed by atoms with van der Waals surface area (Å²) in [6.07, 6.45) is 0. The van der Waals surface area contributed by atoms with E-state index in [1.54, 1.807) is 0 Å². The molecule has 5 rings (SSSR count). The zero-order chi connectivity index (χ0) is 18.7. The molecule has 0 bridgehead atoms. The normalized spacial score (nSPS) is 11.7. The number of hydrogen-bond donors (Lipinski definition) is 0. The van der Waals surface area contributed by atoms with Crippen molar-refractivity contribution in [3.63, 3.8) is 0 Å². The van der Waals surface area contributed by atoms with Crippen LogP contribution in [0.4, 0.5) is 0 Å². The molecule has 3 aromatic carbocycles. The Labute approximate surface area is 158 Å². The van der Waals surface area contributed by atoms with Gasteiger partial charge in [0.15, 0.2) is 5.58 Å². The van der Waals surface area contributed by atoms with E-state index in [0.29, 0.717) is 0 Å². The van der Waals surface area contributed by atoms with Gasteiger partial charge in [0, 0.05) is 17.0 Å². The second kappa shape index (κ2) is 5.68. The van der Waals surface area contributed by atoms with Crippen LogP contribution in [0.1, 0.15) is 16.7 Å². The van der Waals surface area contributed by atoms with E-state index in [9.17, 15) is 0 Å². The standard InChI is InChI=1S/C25H22NO/c1-15-13-17(3)24-20(14-15)22-23(18-10-6-5-9-16(18)2)26(4)21-12-8-7-11-19(21)25(22)27-24/h5-14H,1-4H3/q+1. The maximum atomic E-state index is 6.50. The number of fused-ring (bicyclic) bond motifs is 5. The van der Waals surface area contributed by atoms with E-state index in [4.69, 9.17) is 4.42 Å². The summed E-state index contributed by atoms with van der Waals surface area (Å²) < 4.78 is 8.81. The highest BCUT2D eigenvalue weighted by Gasteiger charge is 2.26. The van der Waals surface area contributed by atoms with Crippen molar-refractivity contribution in [2.75, 3.05) is 0 Å². The molecule has 0 fully saturated rings. The summed E-state index contributed by atoms with van der Waals surface area (Å²) in [5.74, 6) is 0. The Morgan fingerprint density at radius 1 is 0.741 bits per heavy atom. The van der Waals surface area contributed by atoms with E-state index in [-0.39, 0.29) is 0 Å². The SMILES string of the molecule is Cc1cc(C)c2oc3c4ccccc4[n+](C)c(-c4ccccc4C)c3c2c1. The number of nitrogens with zero attached hydrogens (tertiary/aromatic N) is 1. The van der Waals surface area contributed by atoms with Gasteiger partial charge in [0.1, 0.15) is 18.0 Å². The average Bonchev–Trinajstić information content (AvgIpc) is 3.03. The minimum absolute atomic E-state index is 0.977. The maximum Gasteiger partial charge on any atom is 0.224 e. The number of hydrogen-bond acceptors (Lipinski definition) is 1. The van der Waals surface area contributed by atoms with Gasteiger partial charge >= 0.3 is 0 Å². The van der Waals surface area contributed by atoms with Gasteiger partial charge in [-0.1, -0.05) is 36.4 Å². The first kappa shape index (κ1) is 16.1. The number of pyridine rings is 1. The Balaban J connectivity index is 2.13. The number of benzene rings is 3. The maximum absolute atomic E-state index is 6.50. The monoisotopic (exact) mass is 352 g/mol. The molecule has 0 aliphatic carbocycles. The van der Waals surface area contributed by atoms with Gasteiger partial charge in [-0.3, -0.25) is 0 Å². The second-order valence-electron chi connectivity index (χ2n) is 7.50. The first-order valence-corrected chi connectivity index (χ1v) is 9.36. The largest absolute Gasteiger partial charge is 0.455 e. The number of furan rings is 1. The van der Waals surface area contributed by atoms with Crippen molar-refractivity contribution in [3.8, 4) is 11.3 Å². The van der Waals surface area contributed by atoms with Crippen LogP contribution in [0.15, 0.2) is 65.1 Å². The van der Waals surface area contributed by atoms with Crippen LogP contribution in [-0.4, -0.2) is 0 Å². The van der Waals surface area contributed by atoms with Gasteiger partial charge in [-0.15, -0.1) is 0 Å². The van der Waals surface area contributed by atoms with Crippen LogP contribution in [0.2, 0.25) is 0 Å². The fourth-order valence-electron chi connectivity index (χ4n) is 4.38. The van der Waals surface area contributed by atoms with Crippen molar-refractivity contribution < 1.29 is 8.98 Å². The van der Waals surface area contributed by atoms with E-state index >= 15 is 0 Å².